The van der Waals surface area contributed by atoms with Crippen LogP contribution in [0.2, 0.25) is 0 Å². The van der Waals surface area contributed by atoms with Gasteiger partial charge in [0.25, 0.3) is 0 Å². The van der Waals surface area contributed by atoms with Crippen LogP contribution in [0.3, 0.4) is 0 Å². The van der Waals surface area contributed by atoms with E-state index in [1.807, 2.05) is 0 Å². The summed E-state index contributed by atoms with van der Waals surface area (Å²) >= 11 is 0. The van der Waals surface area contributed by atoms with Crippen molar-refractivity contribution in [1.82, 2.24) is 0 Å². The zero-order valence-corrected chi connectivity index (χ0v) is 6.76. The van der Waals surface area contributed by atoms with Gasteiger partial charge in [-0.15, -0.1) is 0 Å². The molecule has 62 valence electrons. The summed E-state index contributed by atoms with van der Waals surface area (Å²) in [6.45, 7) is 3.66. The zero-order valence-electron chi connectivity index (χ0n) is 6.76. The third-order valence-corrected chi connectivity index (χ3v) is 0.863. The van der Waals surface area contributed by atoms with Crippen LogP contribution in [0.15, 0.2) is 0 Å². The van der Waals surface area contributed by atoms with E-state index in [-0.39, 0.29) is 0 Å². The highest BCUT2D eigenvalue weighted by molar-refractivity contribution is 5.88. The maximum atomic E-state index is 10.5. The normalized spacial score (nSPS) is 11.2. The van der Waals surface area contributed by atoms with Gasteiger partial charge in [0.05, 0.1) is 12.7 Å². The van der Waals surface area contributed by atoms with E-state index in [0.29, 0.717) is 13.0 Å². The molecule has 0 aliphatic carbocycles. The number of ether oxygens (including phenoxy) is 1. The first-order valence-corrected chi connectivity index (χ1v) is 3.50. The number of aliphatic hydroxyl groups excluding tert-OH is 1. The Bertz CT molecular complexity index is 174. The molecule has 0 amide bonds. The fourth-order valence-electron chi connectivity index (χ4n) is 0.438. The van der Waals surface area contributed by atoms with E-state index in [1.165, 1.54) is 0 Å². The van der Waals surface area contributed by atoms with Crippen LogP contribution in [0.4, 0.5) is 0 Å². The van der Waals surface area contributed by atoms with Gasteiger partial charge in [0.1, 0.15) is 0 Å². The Labute approximate surface area is 66.4 Å². The van der Waals surface area contributed by atoms with Gasteiger partial charge < -0.3 is 9.84 Å². The lowest BCUT2D eigenvalue weighted by molar-refractivity contribution is -0.136. The molecule has 0 radical (unpaired) electrons. The minimum absolute atomic E-state index is 0.304. The number of aliphatic hydroxyl groups is 1. The summed E-state index contributed by atoms with van der Waals surface area (Å²) in [6.07, 6.45) is -0.185. The van der Waals surface area contributed by atoms with Gasteiger partial charge in [0.2, 0.25) is 0 Å². The molecule has 0 saturated heterocycles. The molecule has 1 N–H and O–H groups in total. The van der Waals surface area contributed by atoms with Crippen LogP contribution in [0.1, 0.15) is 20.3 Å². The standard InChI is InChI=1S/C8H12O3/c1-3-11-8(10)6-4-5-7(2)9/h7,9H,3,5H2,1-2H3. The molecular formula is C8H12O3. The summed E-state index contributed by atoms with van der Waals surface area (Å²) in [5, 5.41) is 8.74. The van der Waals surface area contributed by atoms with Crippen molar-refractivity contribution >= 4 is 5.97 Å². The third-order valence-electron chi connectivity index (χ3n) is 0.863. The Morgan fingerprint density at radius 3 is 2.82 bits per heavy atom. The average Bonchev–Trinajstić information content (AvgIpc) is 1.87. The van der Waals surface area contributed by atoms with Crippen molar-refractivity contribution in [2.45, 2.75) is 26.4 Å². The summed E-state index contributed by atoms with van der Waals surface area (Å²) in [6, 6.07) is 0. The summed E-state index contributed by atoms with van der Waals surface area (Å²) in [5.74, 6) is 4.20. The highest BCUT2D eigenvalue weighted by Crippen LogP contribution is 1.85. The lowest BCUT2D eigenvalue weighted by atomic mass is 10.3. The Morgan fingerprint density at radius 2 is 2.36 bits per heavy atom. The fraction of sp³-hybridized carbons (Fsp3) is 0.625. The SMILES string of the molecule is CCOC(=O)C#CCC(C)O. The number of rotatable bonds is 2. The molecule has 0 aromatic carbocycles. The van der Waals surface area contributed by atoms with Crippen LogP contribution in [0, 0.1) is 11.8 Å². The number of esters is 1. The van der Waals surface area contributed by atoms with Gasteiger partial charge in [-0.05, 0) is 13.8 Å². The molecule has 0 aromatic rings. The van der Waals surface area contributed by atoms with Gasteiger partial charge >= 0.3 is 5.97 Å². The van der Waals surface area contributed by atoms with E-state index in [4.69, 9.17) is 5.11 Å². The Morgan fingerprint density at radius 1 is 1.73 bits per heavy atom. The largest absolute Gasteiger partial charge is 0.456 e. The minimum atomic E-state index is -0.534. The van der Waals surface area contributed by atoms with Crippen LogP contribution in [-0.4, -0.2) is 23.8 Å². The van der Waals surface area contributed by atoms with Gasteiger partial charge in [-0.2, -0.15) is 0 Å². The van der Waals surface area contributed by atoms with Gasteiger partial charge in [-0.1, -0.05) is 5.92 Å². The number of carbonyl (C=O) groups is 1. The highest BCUT2D eigenvalue weighted by Gasteiger charge is 1.93. The Hall–Kier alpha value is -1.01. The van der Waals surface area contributed by atoms with Crippen molar-refractivity contribution in [3.05, 3.63) is 0 Å². The molecule has 11 heavy (non-hydrogen) atoms. The van der Waals surface area contributed by atoms with Crippen LogP contribution in [0.25, 0.3) is 0 Å². The molecule has 0 saturated carbocycles. The average molecular weight is 156 g/mol. The molecule has 0 fully saturated rings. The second-order valence-corrected chi connectivity index (χ2v) is 2.08. The first kappa shape index (κ1) is 9.99. The number of hydrogen-bond donors (Lipinski definition) is 1. The molecule has 0 aromatic heterocycles. The van der Waals surface area contributed by atoms with E-state index in [2.05, 4.69) is 16.6 Å². The van der Waals surface area contributed by atoms with Crippen molar-refractivity contribution in [1.29, 1.82) is 0 Å². The zero-order chi connectivity index (χ0) is 8.69. The molecule has 3 heteroatoms. The van der Waals surface area contributed by atoms with Crippen molar-refractivity contribution < 1.29 is 14.6 Å². The molecule has 0 spiro atoms. The first-order valence-electron chi connectivity index (χ1n) is 3.50. The van der Waals surface area contributed by atoms with Crippen molar-refractivity contribution in [2.75, 3.05) is 6.61 Å². The molecule has 0 aliphatic rings. The topological polar surface area (TPSA) is 46.5 Å². The number of hydrogen-bond acceptors (Lipinski definition) is 3. The Kier molecular flexibility index (Phi) is 5.22. The highest BCUT2D eigenvalue weighted by atomic mass is 16.5. The van der Waals surface area contributed by atoms with Gasteiger partial charge in [-0.3, -0.25) is 0 Å². The van der Waals surface area contributed by atoms with Gasteiger partial charge in [0, 0.05) is 12.3 Å². The van der Waals surface area contributed by atoms with E-state index in [9.17, 15) is 4.79 Å². The van der Waals surface area contributed by atoms with Gasteiger partial charge in [-0.25, -0.2) is 4.79 Å². The van der Waals surface area contributed by atoms with E-state index >= 15 is 0 Å². The summed E-state index contributed by atoms with van der Waals surface area (Å²) in [7, 11) is 0. The lowest BCUT2D eigenvalue weighted by Crippen LogP contribution is -2.01. The molecule has 0 rings (SSSR count). The van der Waals surface area contributed by atoms with Crippen molar-refractivity contribution in [2.24, 2.45) is 0 Å². The summed E-state index contributed by atoms with van der Waals surface area (Å²) < 4.78 is 4.53. The summed E-state index contributed by atoms with van der Waals surface area (Å²) in [5.41, 5.74) is 0. The molecule has 0 bridgehead atoms. The van der Waals surface area contributed by atoms with E-state index < -0.39 is 12.1 Å². The van der Waals surface area contributed by atoms with E-state index in [1.54, 1.807) is 13.8 Å². The quantitative estimate of drug-likeness (QED) is 0.356. The van der Waals surface area contributed by atoms with Crippen molar-refractivity contribution in [3.63, 3.8) is 0 Å². The fourth-order valence-corrected chi connectivity index (χ4v) is 0.438. The maximum Gasteiger partial charge on any atom is 0.384 e. The molecule has 0 aliphatic heterocycles. The molecule has 1 unspecified atom stereocenters. The van der Waals surface area contributed by atoms with Crippen molar-refractivity contribution in [3.8, 4) is 11.8 Å². The monoisotopic (exact) mass is 156 g/mol. The van der Waals surface area contributed by atoms with Crippen LogP contribution in [-0.2, 0) is 9.53 Å². The second kappa shape index (κ2) is 5.75. The van der Waals surface area contributed by atoms with Gasteiger partial charge in [0.15, 0.2) is 0 Å². The Balaban J connectivity index is 3.60. The lowest BCUT2D eigenvalue weighted by Gasteiger charge is -1.93. The molecule has 3 nitrogen and oxygen atoms in total. The number of carbonyl (C=O) groups excluding carboxylic acids is 1. The van der Waals surface area contributed by atoms with Crippen LogP contribution >= 0.6 is 0 Å². The van der Waals surface area contributed by atoms with Crippen LogP contribution < -0.4 is 0 Å². The summed E-state index contributed by atoms with van der Waals surface area (Å²) in [4.78, 5) is 10.5. The molecular weight excluding hydrogens is 144 g/mol. The smallest absolute Gasteiger partial charge is 0.384 e. The second-order valence-electron chi connectivity index (χ2n) is 2.08. The van der Waals surface area contributed by atoms with Crippen LogP contribution in [0.5, 0.6) is 0 Å². The molecule has 0 heterocycles. The third kappa shape index (κ3) is 6.88. The predicted octanol–water partition coefficient (Wildman–Crippen LogP) is 0.324. The predicted molar refractivity (Wildman–Crippen MR) is 40.7 cm³/mol. The maximum absolute atomic E-state index is 10.5. The van der Waals surface area contributed by atoms with E-state index in [0.717, 1.165) is 0 Å². The minimum Gasteiger partial charge on any atom is -0.456 e. The first-order chi connectivity index (χ1) is 5.16. The molecule has 1 atom stereocenters.